The highest BCUT2D eigenvalue weighted by Gasteiger charge is 2.07. The van der Waals surface area contributed by atoms with Crippen molar-refractivity contribution in [3.8, 4) is 0 Å². The van der Waals surface area contributed by atoms with Crippen LogP contribution in [-0.4, -0.2) is 9.97 Å². The van der Waals surface area contributed by atoms with Crippen molar-refractivity contribution in [3.05, 3.63) is 32.8 Å². The summed E-state index contributed by atoms with van der Waals surface area (Å²) in [5.41, 5.74) is 1.76. The standard InChI is InChI=1S/C14H19BrN2O/c1-9(2)5-3-4-6-10-7-11-12(15)8-16-14(18)13(11)17-10/h7-9,17H,3-6H2,1-2H3,(H,16,18). The Labute approximate surface area is 115 Å². The van der Waals surface area contributed by atoms with E-state index >= 15 is 0 Å². The molecule has 3 nitrogen and oxygen atoms in total. The molecule has 0 atom stereocenters. The molecule has 0 saturated heterocycles. The number of pyridine rings is 1. The van der Waals surface area contributed by atoms with E-state index in [1.165, 1.54) is 19.3 Å². The minimum atomic E-state index is -0.0540. The average molecular weight is 311 g/mol. The first kappa shape index (κ1) is 13.4. The molecule has 2 N–H and O–H groups in total. The third-order valence-corrected chi connectivity index (χ3v) is 3.82. The van der Waals surface area contributed by atoms with E-state index in [-0.39, 0.29) is 5.56 Å². The second-order valence-corrected chi connectivity index (χ2v) is 6.04. The number of unbranched alkanes of at least 4 members (excludes halogenated alkanes) is 1. The normalized spacial score (nSPS) is 11.6. The van der Waals surface area contributed by atoms with Gasteiger partial charge in [-0.2, -0.15) is 0 Å². The number of aromatic amines is 2. The SMILES string of the molecule is CC(C)CCCCc1cc2c(Br)c[nH]c(=O)c2[nH]1. The van der Waals surface area contributed by atoms with Crippen molar-refractivity contribution in [2.75, 3.05) is 0 Å². The summed E-state index contributed by atoms with van der Waals surface area (Å²) in [4.78, 5) is 17.6. The summed E-state index contributed by atoms with van der Waals surface area (Å²) < 4.78 is 0.932. The number of rotatable bonds is 5. The van der Waals surface area contributed by atoms with E-state index < -0.39 is 0 Å². The Kier molecular flexibility index (Phi) is 4.27. The van der Waals surface area contributed by atoms with Crippen molar-refractivity contribution in [2.45, 2.75) is 39.5 Å². The zero-order chi connectivity index (χ0) is 13.1. The van der Waals surface area contributed by atoms with Crippen LogP contribution in [0.1, 0.15) is 38.8 Å². The number of halogens is 1. The predicted molar refractivity (Wildman–Crippen MR) is 79.0 cm³/mol. The quantitative estimate of drug-likeness (QED) is 0.806. The fourth-order valence-corrected chi connectivity index (χ4v) is 2.59. The van der Waals surface area contributed by atoms with Gasteiger partial charge in [0.25, 0.3) is 5.56 Å². The third-order valence-electron chi connectivity index (χ3n) is 3.17. The minimum absolute atomic E-state index is 0.0540. The van der Waals surface area contributed by atoms with Gasteiger partial charge < -0.3 is 9.97 Å². The lowest BCUT2D eigenvalue weighted by atomic mass is 10.0. The molecule has 98 valence electrons. The predicted octanol–water partition coefficient (Wildman–Crippen LogP) is 3.99. The summed E-state index contributed by atoms with van der Waals surface area (Å²) in [6.07, 6.45) is 6.38. The summed E-state index contributed by atoms with van der Waals surface area (Å²) in [7, 11) is 0. The number of fused-ring (bicyclic) bond motifs is 1. The molecular weight excluding hydrogens is 292 g/mol. The van der Waals surface area contributed by atoms with Crippen LogP contribution in [0.25, 0.3) is 10.9 Å². The molecule has 0 aliphatic rings. The summed E-state index contributed by atoms with van der Waals surface area (Å²) in [6.45, 7) is 4.50. The Morgan fingerprint density at radius 3 is 2.78 bits per heavy atom. The molecule has 0 aliphatic heterocycles. The molecule has 0 spiro atoms. The van der Waals surface area contributed by atoms with E-state index in [9.17, 15) is 4.79 Å². The Bertz CT molecular complexity index is 583. The first-order valence-corrected chi connectivity index (χ1v) is 7.26. The second kappa shape index (κ2) is 5.74. The smallest absolute Gasteiger partial charge is 0.272 e. The van der Waals surface area contributed by atoms with Crippen LogP contribution in [0.5, 0.6) is 0 Å². The lowest BCUT2D eigenvalue weighted by molar-refractivity contribution is 0.537. The van der Waals surface area contributed by atoms with E-state index in [2.05, 4.69) is 45.8 Å². The van der Waals surface area contributed by atoms with Crippen molar-refractivity contribution in [2.24, 2.45) is 5.92 Å². The first-order valence-electron chi connectivity index (χ1n) is 6.46. The van der Waals surface area contributed by atoms with Gasteiger partial charge in [0, 0.05) is 21.7 Å². The monoisotopic (exact) mass is 310 g/mol. The third kappa shape index (κ3) is 3.05. The molecule has 0 unspecified atom stereocenters. The van der Waals surface area contributed by atoms with Gasteiger partial charge in [0.1, 0.15) is 5.52 Å². The Hall–Kier alpha value is -1.03. The lowest BCUT2D eigenvalue weighted by Crippen LogP contribution is -2.04. The number of hydrogen-bond donors (Lipinski definition) is 2. The maximum atomic E-state index is 11.7. The number of H-pyrrole nitrogens is 2. The number of aryl methyl sites for hydroxylation is 1. The highest BCUT2D eigenvalue weighted by atomic mass is 79.9. The highest BCUT2D eigenvalue weighted by molar-refractivity contribution is 9.10. The zero-order valence-electron chi connectivity index (χ0n) is 10.8. The van der Waals surface area contributed by atoms with Gasteiger partial charge in [-0.05, 0) is 40.8 Å². The highest BCUT2D eigenvalue weighted by Crippen LogP contribution is 2.22. The molecule has 2 heterocycles. The van der Waals surface area contributed by atoms with E-state index in [1.54, 1.807) is 6.20 Å². The molecule has 2 aromatic heterocycles. The molecular formula is C14H19BrN2O. The Morgan fingerprint density at radius 2 is 2.11 bits per heavy atom. The van der Waals surface area contributed by atoms with E-state index in [1.807, 2.05) is 0 Å². The molecule has 0 saturated carbocycles. The number of aromatic nitrogens is 2. The zero-order valence-corrected chi connectivity index (χ0v) is 12.4. The molecule has 2 rings (SSSR count). The van der Waals surface area contributed by atoms with Crippen molar-refractivity contribution < 1.29 is 0 Å². The molecule has 0 amide bonds. The second-order valence-electron chi connectivity index (χ2n) is 5.19. The lowest BCUT2D eigenvalue weighted by Gasteiger charge is -2.02. The minimum Gasteiger partial charge on any atom is -0.354 e. The van der Waals surface area contributed by atoms with Crippen LogP contribution in [0.15, 0.2) is 21.5 Å². The van der Waals surface area contributed by atoms with Gasteiger partial charge in [-0.1, -0.05) is 26.7 Å². The molecule has 0 fully saturated rings. The maximum Gasteiger partial charge on any atom is 0.272 e. The van der Waals surface area contributed by atoms with Gasteiger partial charge in [0.05, 0.1) is 0 Å². The molecule has 0 aromatic carbocycles. The average Bonchev–Trinajstić information content (AvgIpc) is 2.75. The van der Waals surface area contributed by atoms with E-state index in [4.69, 9.17) is 0 Å². The van der Waals surface area contributed by atoms with Crippen LogP contribution >= 0.6 is 15.9 Å². The molecule has 2 aromatic rings. The largest absolute Gasteiger partial charge is 0.354 e. The van der Waals surface area contributed by atoms with Crippen LogP contribution in [0.2, 0.25) is 0 Å². The molecule has 0 radical (unpaired) electrons. The van der Waals surface area contributed by atoms with Gasteiger partial charge in [-0.3, -0.25) is 4.79 Å². The van der Waals surface area contributed by atoms with Gasteiger partial charge in [-0.15, -0.1) is 0 Å². The first-order chi connectivity index (χ1) is 8.58. The van der Waals surface area contributed by atoms with Crippen LogP contribution in [0.4, 0.5) is 0 Å². The number of nitrogens with one attached hydrogen (secondary N) is 2. The van der Waals surface area contributed by atoms with Gasteiger partial charge in [0.15, 0.2) is 0 Å². The molecule has 18 heavy (non-hydrogen) atoms. The maximum absolute atomic E-state index is 11.7. The van der Waals surface area contributed by atoms with Crippen molar-refractivity contribution >= 4 is 26.8 Å². The summed E-state index contributed by atoms with van der Waals surface area (Å²) in [6, 6.07) is 2.07. The molecule has 0 aliphatic carbocycles. The van der Waals surface area contributed by atoms with Crippen molar-refractivity contribution in [1.82, 2.24) is 9.97 Å². The van der Waals surface area contributed by atoms with Crippen LogP contribution in [0.3, 0.4) is 0 Å². The van der Waals surface area contributed by atoms with Crippen LogP contribution < -0.4 is 5.56 Å². The number of hydrogen-bond acceptors (Lipinski definition) is 1. The fourth-order valence-electron chi connectivity index (χ4n) is 2.16. The van der Waals surface area contributed by atoms with Crippen molar-refractivity contribution in [3.63, 3.8) is 0 Å². The van der Waals surface area contributed by atoms with Crippen LogP contribution in [-0.2, 0) is 6.42 Å². The van der Waals surface area contributed by atoms with Gasteiger partial charge in [-0.25, -0.2) is 0 Å². The molecule has 4 heteroatoms. The Morgan fingerprint density at radius 1 is 1.33 bits per heavy atom. The summed E-state index contributed by atoms with van der Waals surface area (Å²) >= 11 is 3.46. The molecule has 0 bridgehead atoms. The topological polar surface area (TPSA) is 48.6 Å². The summed E-state index contributed by atoms with van der Waals surface area (Å²) in [5.74, 6) is 0.768. The van der Waals surface area contributed by atoms with Gasteiger partial charge in [0.2, 0.25) is 0 Å². The Balaban J connectivity index is 2.09. The van der Waals surface area contributed by atoms with E-state index in [0.717, 1.165) is 27.9 Å². The van der Waals surface area contributed by atoms with Crippen LogP contribution in [0, 0.1) is 5.92 Å². The van der Waals surface area contributed by atoms with Crippen molar-refractivity contribution in [1.29, 1.82) is 0 Å². The fraction of sp³-hybridized carbons (Fsp3) is 0.500. The van der Waals surface area contributed by atoms with Gasteiger partial charge >= 0.3 is 0 Å². The van der Waals surface area contributed by atoms with E-state index in [0.29, 0.717) is 5.52 Å². The summed E-state index contributed by atoms with van der Waals surface area (Å²) in [5, 5.41) is 0.970.